The number of esters is 1. The fourth-order valence-electron chi connectivity index (χ4n) is 1.92. The van der Waals surface area contributed by atoms with E-state index in [-0.39, 0.29) is 6.61 Å². The van der Waals surface area contributed by atoms with Gasteiger partial charge in [-0.2, -0.15) is 0 Å². The number of nitrogens with two attached hydrogens (primary N) is 1. The van der Waals surface area contributed by atoms with Crippen molar-refractivity contribution in [3.8, 4) is 0 Å². The second kappa shape index (κ2) is 7.78. The highest BCUT2D eigenvalue weighted by Gasteiger charge is 2.20. The van der Waals surface area contributed by atoms with Crippen molar-refractivity contribution in [3.05, 3.63) is 35.4 Å². The Morgan fingerprint density at radius 1 is 1.19 bits per heavy atom. The number of carboxylic acid groups (broad SMARTS) is 1. The van der Waals surface area contributed by atoms with Crippen molar-refractivity contribution in [2.75, 3.05) is 6.61 Å². The summed E-state index contributed by atoms with van der Waals surface area (Å²) in [6.45, 7) is 5.72. The van der Waals surface area contributed by atoms with Crippen molar-refractivity contribution in [1.29, 1.82) is 0 Å². The van der Waals surface area contributed by atoms with E-state index in [9.17, 15) is 9.59 Å². The Morgan fingerprint density at radius 2 is 1.76 bits per heavy atom. The van der Waals surface area contributed by atoms with Crippen LogP contribution in [0.15, 0.2) is 24.3 Å². The molecule has 1 aromatic carbocycles. The zero-order valence-electron chi connectivity index (χ0n) is 12.7. The average Bonchev–Trinajstić information content (AvgIpc) is 2.43. The van der Waals surface area contributed by atoms with Crippen LogP contribution in [-0.2, 0) is 20.7 Å². The number of carbonyl (C=O) groups excluding carboxylic acids is 1. The van der Waals surface area contributed by atoms with Crippen LogP contribution in [0.3, 0.4) is 0 Å². The molecular weight excluding hydrogens is 270 g/mol. The van der Waals surface area contributed by atoms with Gasteiger partial charge < -0.3 is 15.6 Å². The fraction of sp³-hybridized carbons (Fsp3) is 0.500. The molecule has 5 heteroatoms. The van der Waals surface area contributed by atoms with Crippen LogP contribution in [0.2, 0.25) is 0 Å². The lowest BCUT2D eigenvalue weighted by molar-refractivity contribution is -0.148. The minimum absolute atomic E-state index is 0.316. The molecule has 0 bridgehead atoms. The molecular formula is C16H23NO4. The first-order valence-electron chi connectivity index (χ1n) is 7.05. The summed E-state index contributed by atoms with van der Waals surface area (Å²) < 4.78 is 4.93. The molecule has 0 fully saturated rings. The smallest absolute Gasteiger partial charge is 0.324 e. The molecule has 1 aromatic rings. The van der Waals surface area contributed by atoms with Crippen molar-refractivity contribution >= 4 is 11.9 Å². The van der Waals surface area contributed by atoms with Gasteiger partial charge in [0.15, 0.2) is 0 Å². The van der Waals surface area contributed by atoms with Crippen LogP contribution in [0, 0.1) is 5.92 Å². The van der Waals surface area contributed by atoms with Crippen LogP contribution < -0.4 is 5.73 Å². The monoisotopic (exact) mass is 293 g/mol. The van der Waals surface area contributed by atoms with E-state index in [0.717, 1.165) is 12.0 Å². The molecule has 0 spiro atoms. The Labute approximate surface area is 125 Å². The number of hydrogen-bond acceptors (Lipinski definition) is 4. The van der Waals surface area contributed by atoms with Crippen LogP contribution in [0.4, 0.5) is 0 Å². The van der Waals surface area contributed by atoms with Gasteiger partial charge in [0, 0.05) is 0 Å². The summed E-state index contributed by atoms with van der Waals surface area (Å²) in [5.74, 6) is -1.52. The van der Waals surface area contributed by atoms with Gasteiger partial charge in [0.2, 0.25) is 0 Å². The fourth-order valence-corrected chi connectivity index (χ4v) is 1.92. The molecule has 0 heterocycles. The van der Waals surface area contributed by atoms with Crippen LogP contribution in [0.5, 0.6) is 0 Å². The largest absolute Gasteiger partial charge is 0.480 e. The molecule has 0 saturated heterocycles. The third-order valence-electron chi connectivity index (χ3n) is 3.20. The van der Waals surface area contributed by atoms with Crippen LogP contribution in [0.1, 0.15) is 37.8 Å². The summed E-state index contributed by atoms with van der Waals surface area (Å²) >= 11 is 0. The molecule has 0 aliphatic heterocycles. The Bertz CT molecular complexity index is 482. The molecule has 3 N–H and O–H groups in total. The van der Waals surface area contributed by atoms with Gasteiger partial charge in [0.05, 0.1) is 5.92 Å². The first kappa shape index (κ1) is 17.2. The van der Waals surface area contributed by atoms with Gasteiger partial charge in [-0.15, -0.1) is 0 Å². The Kier molecular flexibility index (Phi) is 6.37. The second-order valence-electron chi connectivity index (χ2n) is 5.64. The van der Waals surface area contributed by atoms with Gasteiger partial charge >= 0.3 is 11.9 Å². The third kappa shape index (κ3) is 5.55. The van der Waals surface area contributed by atoms with E-state index < -0.39 is 23.9 Å². The normalized spacial score (nSPS) is 13.8. The van der Waals surface area contributed by atoms with Gasteiger partial charge in [0.25, 0.3) is 0 Å². The number of carboxylic acids is 1. The van der Waals surface area contributed by atoms with E-state index in [0.29, 0.717) is 5.92 Å². The summed E-state index contributed by atoms with van der Waals surface area (Å²) in [4.78, 5) is 22.4. The SMILES string of the molecule is CC(C)Cc1ccc([C@H](C)C(=O)OC[C@H](N)C(=O)O)cc1. The molecule has 0 aliphatic carbocycles. The number of ether oxygens (including phenoxy) is 1. The summed E-state index contributed by atoms with van der Waals surface area (Å²) in [6.07, 6.45) is 0.993. The van der Waals surface area contributed by atoms with E-state index in [2.05, 4.69) is 13.8 Å². The van der Waals surface area contributed by atoms with Crippen LogP contribution >= 0.6 is 0 Å². The van der Waals surface area contributed by atoms with E-state index in [4.69, 9.17) is 15.6 Å². The maximum atomic E-state index is 11.9. The van der Waals surface area contributed by atoms with E-state index in [1.807, 2.05) is 24.3 Å². The number of hydrogen-bond donors (Lipinski definition) is 2. The Hall–Kier alpha value is -1.88. The topological polar surface area (TPSA) is 89.6 Å². The molecule has 2 atom stereocenters. The number of benzene rings is 1. The minimum atomic E-state index is -1.19. The predicted molar refractivity (Wildman–Crippen MR) is 80.0 cm³/mol. The van der Waals surface area contributed by atoms with Crippen molar-refractivity contribution in [2.24, 2.45) is 11.7 Å². The molecule has 116 valence electrons. The summed E-state index contributed by atoms with van der Waals surface area (Å²) in [6, 6.07) is 6.63. The predicted octanol–water partition coefficient (Wildman–Crippen LogP) is 1.94. The van der Waals surface area contributed by atoms with Gasteiger partial charge in [-0.3, -0.25) is 9.59 Å². The Morgan fingerprint density at radius 3 is 2.24 bits per heavy atom. The van der Waals surface area contributed by atoms with Crippen molar-refractivity contribution < 1.29 is 19.4 Å². The van der Waals surface area contributed by atoms with Crippen LogP contribution in [0.25, 0.3) is 0 Å². The zero-order valence-corrected chi connectivity index (χ0v) is 12.7. The summed E-state index contributed by atoms with van der Waals surface area (Å²) in [7, 11) is 0. The molecule has 0 amide bonds. The lowest BCUT2D eigenvalue weighted by atomic mass is 9.97. The maximum absolute atomic E-state index is 11.9. The standard InChI is InChI=1S/C16H23NO4/c1-10(2)8-12-4-6-13(7-5-12)11(3)16(20)21-9-14(17)15(18)19/h4-7,10-11,14H,8-9,17H2,1-3H3,(H,18,19)/t11-,14-/m0/s1. The number of aliphatic carboxylic acids is 1. The summed E-state index contributed by atoms with van der Waals surface area (Å²) in [5, 5.41) is 8.64. The molecule has 1 rings (SSSR count). The van der Waals surface area contributed by atoms with Gasteiger partial charge in [-0.05, 0) is 30.4 Å². The van der Waals surface area contributed by atoms with Gasteiger partial charge in [0.1, 0.15) is 12.6 Å². The minimum Gasteiger partial charge on any atom is -0.480 e. The highest BCUT2D eigenvalue weighted by molar-refractivity contribution is 5.78. The number of carbonyl (C=O) groups is 2. The highest BCUT2D eigenvalue weighted by Crippen LogP contribution is 2.18. The van der Waals surface area contributed by atoms with Crippen LogP contribution in [-0.4, -0.2) is 29.7 Å². The quantitative estimate of drug-likeness (QED) is 0.750. The van der Waals surface area contributed by atoms with Crippen molar-refractivity contribution in [2.45, 2.75) is 39.2 Å². The third-order valence-corrected chi connectivity index (χ3v) is 3.20. The van der Waals surface area contributed by atoms with Crippen molar-refractivity contribution in [3.63, 3.8) is 0 Å². The van der Waals surface area contributed by atoms with E-state index in [1.165, 1.54) is 5.56 Å². The van der Waals surface area contributed by atoms with E-state index in [1.54, 1.807) is 6.92 Å². The Balaban J connectivity index is 2.59. The average molecular weight is 293 g/mol. The second-order valence-corrected chi connectivity index (χ2v) is 5.64. The molecule has 21 heavy (non-hydrogen) atoms. The molecule has 0 aliphatic rings. The number of rotatable bonds is 7. The molecule has 0 unspecified atom stereocenters. The summed E-state index contributed by atoms with van der Waals surface area (Å²) in [5.41, 5.74) is 7.36. The molecule has 5 nitrogen and oxygen atoms in total. The molecule has 0 aromatic heterocycles. The lowest BCUT2D eigenvalue weighted by Gasteiger charge is -2.14. The van der Waals surface area contributed by atoms with E-state index >= 15 is 0 Å². The van der Waals surface area contributed by atoms with Crippen molar-refractivity contribution in [1.82, 2.24) is 0 Å². The first-order chi connectivity index (χ1) is 9.81. The van der Waals surface area contributed by atoms with Gasteiger partial charge in [-0.25, -0.2) is 0 Å². The zero-order chi connectivity index (χ0) is 16.0. The molecule has 0 saturated carbocycles. The van der Waals surface area contributed by atoms with Gasteiger partial charge in [-0.1, -0.05) is 38.1 Å². The first-order valence-corrected chi connectivity index (χ1v) is 7.05. The lowest BCUT2D eigenvalue weighted by Crippen LogP contribution is -2.36. The highest BCUT2D eigenvalue weighted by atomic mass is 16.5. The molecule has 0 radical (unpaired) electrons. The maximum Gasteiger partial charge on any atom is 0.324 e.